The molecule has 7 heteroatoms. The van der Waals surface area contributed by atoms with Gasteiger partial charge in [-0.3, -0.25) is 0 Å². The van der Waals surface area contributed by atoms with E-state index in [-0.39, 0.29) is 10.9 Å². The standard InChI is InChI=1S/C17H12F3N3S/c18-17(19,20)14-16(24-11-12-7-3-1-4-8-12)21-15(23-22-14)13-9-5-2-6-10-13/h1-10H,11H2. The van der Waals surface area contributed by atoms with Gasteiger partial charge < -0.3 is 0 Å². The summed E-state index contributed by atoms with van der Waals surface area (Å²) in [7, 11) is 0. The van der Waals surface area contributed by atoms with Gasteiger partial charge in [0.2, 0.25) is 0 Å². The summed E-state index contributed by atoms with van der Waals surface area (Å²) >= 11 is 1.00. The van der Waals surface area contributed by atoms with E-state index in [9.17, 15) is 13.2 Å². The maximum Gasteiger partial charge on any atom is 0.437 e. The number of hydrogen-bond donors (Lipinski definition) is 0. The summed E-state index contributed by atoms with van der Waals surface area (Å²) in [5, 5.41) is 6.85. The highest BCUT2D eigenvalue weighted by molar-refractivity contribution is 7.98. The van der Waals surface area contributed by atoms with E-state index in [4.69, 9.17) is 0 Å². The Bertz CT molecular complexity index is 808. The molecule has 0 radical (unpaired) electrons. The molecule has 0 fully saturated rings. The lowest BCUT2D eigenvalue weighted by Crippen LogP contribution is -2.13. The molecular formula is C17H12F3N3S. The molecule has 3 rings (SSSR count). The predicted octanol–water partition coefficient (Wildman–Crippen LogP) is 4.85. The third kappa shape index (κ3) is 3.91. The number of alkyl halides is 3. The topological polar surface area (TPSA) is 38.7 Å². The largest absolute Gasteiger partial charge is 0.437 e. The van der Waals surface area contributed by atoms with Gasteiger partial charge in [-0.25, -0.2) is 4.98 Å². The Morgan fingerprint density at radius 2 is 1.46 bits per heavy atom. The van der Waals surface area contributed by atoms with Crippen molar-refractivity contribution in [3.8, 4) is 11.4 Å². The number of rotatable bonds is 4. The maximum atomic E-state index is 13.2. The summed E-state index contributed by atoms with van der Waals surface area (Å²) in [4.78, 5) is 4.09. The third-order valence-corrected chi connectivity index (χ3v) is 4.21. The molecule has 0 bridgehead atoms. The molecule has 2 aromatic carbocycles. The van der Waals surface area contributed by atoms with Crippen molar-refractivity contribution in [1.82, 2.24) is 15.2 Å². The lowest BCUT2D eigenvalue weighted by atomic mass is 10.2. The van der Waals surface area contributed by atoms with E-state index in [1.54, 1.807) is 24.3 Å². The van der Waals surface area contributed by atoms with Crippen molar-refractivity contribution in [3.63, 3.8) is 0 Å². The number of halogens is 3. The van der Waals surface area contributed by atoms with Crippen molar-refractivity contribution in [3.05, 3.63) is 71.9 Å². The van der Waals surface area contributed by atoms with Crippen LogP contribution in [0.2, 0.25) is 0 Å². The predicted molar refractivity (Wildman–Crippen MR) is 86.3 cm³/mol. The molecule has 0 N–H and O–H groups in total. The normalized spacial score (nSPS) is 11.5. The first-order valence-corrected chi connectivity index (χ1v) is 8.06. The summed E-state index contributed by atoms with van der Waals surface area (Å²) in [6, 6.07) is 18.1. The van der Waals surface area contributed by atoms with E-state index in [2.05, 4.69) is 15.2 Å². The third-order valence-electron chi connectivity index (χ3n) is 3.17. The fourth-order valence-corrected chi connectivity index (χ4v) is 2.97. The second-order valence-corrected chi connectivity index (χ2v) is 5.89. The van der Waals surface area contributed by atoms with E-state index >= 15 is 0 Å². The van der Waals surface area contributed by atoms with Gasteiger partial charge in [0.15, 0.2) is 11.5 Å². The van der Waals surface area contributed by atoms with Crippen molar-refractivity contribution in [2.45, 2.75) is 17.0 Å². The Kier molecular flexibility index (Phi) is 4.80. The molecule has 0 atom stereocenters. The number of thioether (sulfide) groups is 1. The minimum absolute atomic E-state index is 0.166. The maximum absolute atomic E-state index is 13.2. The summed E-state index contributed by atoms with van der Waals surface area (Å²) in [6.45, 7) is 0. The van der Waals surface area contributed by atoms with Gasteiger partial charge in [0.05, 0.1) is 0 Å². The highest BCUT2D eigenvalue weighted by Gasteiger charge is 2.37. The minimum Gasteiger partial charge on any atom is -0.218 e. The van der Waals surface area contributed by atoms with E-state index in [0.29, 0.717) is 11.3 Å². The van der Waals surface area contributed by atoms with Gasteiger partial charge in [0.1, 0.15) is 5.03 Å². The zero-order chi connectivity index (χ0) is 17.0. The monoisotopic (exact) mass is 347 g/mol. The van der Waals surface area contributed by atoms with Crippen molar-refractivity contribution in [1.29, 1.82) is 0 Å². The fourth-order valence-electron chi connectivity index (χ4n) is 2.03. The zero-order valence-electron chi connectivity index (χ0n) is 12.4. The molecule has 0 aliphatic carbocycles. The van der Waals surface area contributed by atoms with Crippen LogP contribution in [0, 0.1) is 0 Å². The first-order chi connectivity index (χ1) is 11.5. The van der Waals surface area contributed by atoms with Crippen LogP contribution in [0.15, 0.2) is 65.7 Å². The van der Waals surface area contributed by atoms with Crippen LogP contribution in [-0.4, -0.2) is 15.2 Å². The molecule has 0 unspecified atom stereocenters. The van der Waals surface area contributed by atoms with Gasteiger partial charge in [0.25, 0.3) is 0 Å². The van der Waals surface area contributed by atoms with Crippen LogP contribution in [0.4, 0.5) is 13.2 Å². The Balaban J connectivity index is 1.94. The first-order valence-electron chi connectivity index (χ1n) is 7.08. The molecule has 0 aliphatic heterocycles. The van der Waals surface area contributed by atoms with E-state index in [0.717, 1.165) is 17.3 Å². The van der Waals surface area contributed by atoms with Crippen LogP contribution < -0.4 is 0 Å². The second-order valence-electron chi connectivity index (χ2n) is 4.93. The molecule has 0 amide bonds. The van der Waals surface area contributed by atoms with Crippen LogP contribution in [0.25, 0.3) is 11.4 Å². The quantitative estimate of drug-likeness (QED) is 0.633. The SMILES string of the molecule is FC(F)(F)c1nnc(-c2ccccc2)nc1SCc1ccccc1. The van der Waals surface area contributed by atoms with Crippen LogP contribution in [0.3, 0.4) is 0 Å². The molecular weight excluding hydrogens is 335 g/mol. The Hall–Kier alpha value is -2.41. The van der Waals surface area contributed by atoms with Crippen LogP contribution >= 0.6 is 11.8 Å². The lowest BCUT2D eigenvalue weighted by molar-refractivity contribution is -0.144. The van der Waals surface area contributed by atoms with Gasteiger partial charge in [-0.15, -0.1) is 10.2 Å². The molecule has 122 valence electrons. The molecule has 1 heterocycles. The van der Waals surface area contributed by atoms with Crippen molar-refractivity contribution in [2.24, 2.45) is 0 Å². The molecule has 0 saturated carbocycles. The first kappa shape index (κ1) is 16.4. The van der Waals surface area contributed by atoms with Gasteiger partial charge in [-0.2, -0.15) is 13.2 Å². The van der Waals surface area contributed by atoms with E-state index in [1.165, 1.54) is 0 Å². The van der Waals surface area contributed by atoms with Crippen LogP contribution in [0.5, 0.6) is 0 Å². The second kappa shape index (κ2) is 7.00. The fraction of sp³-hybridized carbons (Fsp3) is 0.118. The Morgan fingerprint density at radius 1 is 0.833 bits per heavy atom. The zero-order valence-corrected chi connectivity index (χ0v) is 13.2. The van der Waals surface area contributed by atoms with Crippen molar-refractivity contribution in [2.75, 3.05) is 0 Å². The number of nitrogens with zero attached hydrogens (tertiary/aromatic N) is 3. The molecule has 3 nitrogen and oxygen atoms in total. The van der Waals surface area contributed by atoms with Crippen molar-refractivity contribution >= 4 is 11.8 Å². The van der Waals surface area contributed by atoms with Gasteiger partial charge in [-0.05, 0) is 5.56 Å². The number of benzene rings is 2. The molecule has 0 saturated heterocycles. The summed E-state index contributed by atoms with van der Waals surface area (Å²) in [6.07, 6.45) is -4.59. The number of aromatic nitrogens is 3. The molecule has 3 aromatic rings. The Morgan fingerprint density at radius 3 is 2.08 bits per heavy atom. The highest BCUT2D eigenvalue weighted by atomic mass is 32.2. The Labute approximate surface area is 141 Å². The molecule has 0 spiro atoms. The van der Waals surface area contributed by atoms with Gasteiger partial charge in [0, 0.05) is 11.3 Å². The number of hydrogen-bond acceptors (Lipinski definition) is 4. The van der Waals surface area contributed by atoms with Gasteiger partial charge in [-0.1, -0.05) is 72.4 Å². The van der Waals surface area contributed by atoms with E-state index < -0.39 is 11.9 Å². The molecule has 24 heavy (non-hydrogen) atoms. The summed E-state index contributed by atoms with van der Waals surface area (Å²) in [5.74, 6) is 0.552. The minimum atomic E-state index is -4.59. The highest BCUT2D eigenvalue weighted by Crippen LogP contribution is 2.35. The average molecular weight is 347 g/mol. The smallest absolute Gasteiger partial charge is 0.218 e. The summed E-state index contributed by atoms with van der Waals surface area (Å²) < 4.78 is 39.5. The summed E-state index contributed by atoms with van der Waals surface area (Å²) in [5.41, 5.74) is 0.485. The van der Waals surface area contributed by atoms with Crippen molar-refractivity contribution < 1.29 is 13.2 Å². The van der Waals surface area contributed by atoms with Crippen LogP contribution in [0.1, 0.15) is 11.3 Å². The van der Waals surface area contributed by atoms with Crippen LogP contribution in [-0.2, 0) is 11.9 Å². The average Bonchev–Trinajstić information content (AvgIpc) is 2.60. The van der Waals surface area contributed by atoms with E-state index in [1.807, 2.05) is 36.4 Å². The molecule has 0 aliphatic rings. The van der Waals surface area contributed by atoms with Gasteiger partial charge >= 0.3 is 6.18 Å². The lowest BCUT2D eigenvalue weighted by Gasteiger charge is -2.11. The molecule has 1 aromatic heterocycles.